The Kier molecular flexibility index (Phi) is 3.47. The second-order valence-electron chi connectivity index (χ2n) is 4.96. The molecule has 3 heterocycles. The zero-order chi connectivity index (χ0) is 14.8. The summed E-state index contributed by atoms with van der Waals surface area (Å²) in [5, 5.41) is 4.00. The molecular weight excluding hydrogens is 272 g/mol. The molecule has 1 saturated heterocycles. The standard InChI is InChI=1S/C14H16N4O3/c1-16-10-11(9-15-16)13(19)17-4-6-18(7-5-17)14(20)12-3-2-8-21-12/h2-3,8-10H,4-7H2,1H3. The molecule has 7 heteroatoms. The number of hydrogen-bond donors (Lipinski definition) is 0. The highest BCUT2D eigenvalue weighted by Crippen LogP contribution is 2.11. The molecule has 2 aromatic heterocycles. The van der Waals surface area contributed by atoms with E-state index in [1.54, 1.807) is 46.1 Å². The maximum Gasteiger partial charge on any atom is 0.289 e. The molecular formula is C14H16N4O3. The van der Waals surface area contributed by atoms with Crippen molar-refractivity contribution >= 4 is 11.8 Å². The molecule has 0 atom stereocenters. The van der Waals surface area contributed by atoms with Crippen molar-refractivity contribution in [2.75, 3.05) is 26.2 Å². The molecule has 0 bridgehead atoms. The highest BCUT2D eigenvalue weighted by Gasteiger charge is 2.26. The van der Waals surface area contributed by atoms with Crippen molar-refractivity contribution < 1.29 is 14.0 Å². The molecule has 0 aliphatic carbocycles. The Morgan fingerprint density at radius 3 is 2.33 bits per heavy atom. The Hall–Kier alpha value is -2.57. The fourth-order valence-corrected chi connectivity index (χ4v) is 2.38. The number of carbonyl (C=O) groups is 2. The molecule has 0 spiro atoms. The van der Waals surface area contributed by atoms with Gasteiger partial charge in [-0.25, -0.2) is 0 Å². The number of rotatable bonds is 2. The van der Waals surface area contributed by atoms with E-state index in [0.717, 1.165) is 0 Å². The molecule has 21 heavy (non-hydrogen) atoms. The average molecular weight is 288 g/mol. The van der Waals surface area contributed by atoms with Crippen molar-refractivity contribution in [1.29, 1.82) is 0 Å². The number of nitrogens with zero attached hydrogens (tertiary/aromatic N) is 4. The van der Waals surface area contributed by atoms with Crippen LogP contribution in [-0.2, 0) is 7.05 Å². The molecule has 0 unspecified atom stereocenters. The molecule has 7 nitrogen and oxygen atoms in total. The normalized spacial score (nSPS) is 15.3. The van der Waals surface area contributed by atoms with Crippen LogP contribution >= 0.6 is 0 Å². The minimum atomic E-state index is -0.131. The maximum atomic E-state index is 12.3. The van der Waals surface area contributed by atoms with E-state index in [1.165, 1.54) is 6.26 Å². The summed E-state index contributed by atoms with van der Waals surface area (Å²) in [7, 11) is 1.77. The Morgan fingerprint density at radius 1 is 1.14 bits per heavy atom. The molecule has 0 radical (unpaired) electrons. The monoisotopic (exact) mass is 288 g/mol. The second kappa shape index (κ2) is 5.43. The van der Waals surface area contributed by atoms with Gasteiger partial charge in [0.2, 0.25) is 0 Å². The van der Waals surface area contributed by atoms with E-state index >= 15 is 0 Å². The molecule has 1 aliphatic rings. The Labute approximate surface area is 121 Å². The van der Waals surface area contributed by atoms with Crippen LogP contribution in [0.4, 0.5) is 0 Å². The maximum absolute atomic E-state index is 12.3. The molecule has 2 amide bonds. The molecule has 0 saturated carbocycles. The lowest BCUT2D eigenvalue weighted by Gasteiger charge is -2.34. The van der Waals surface area contributed by atoms with E-state index in [0.29, 0.717) is 37.5 Å². The number of aryl methyl sites for hydroxylation is 1. The van der Waals surface area contributed by atoms with Gasteiger partial charge in [0.1, 0.15) is 0 Å². The molecule has 0 N–H and O–H groups in total. The fourth-order valence-electron chi connectivity index (χ4n) is 2.38. The van der Waals surface area contributed by atoms with Gasteiger partial charge in [-0.2, -0.15) is 5.10 Å². The fraction of sp³-hybridized carbons (Fsp3) is 0.357. The largest absolute Gasteiger partial charge is 0.459 e. The van der Waals surface area contributed by atoms with E-state index in [4.69, 9.17) is 4.42 Å². The number of hydrogen-bond acceptors (Lipinski definition) is 4. The predicted molar refractivity (Wildman–Crippen MR) is 73.7 cm³/mol. The highest BCUT2D eigenvalue weighted by atomic mass is 16.3. The smallest absolute Gasteiger partial charge is 0.289 e. The number of furan rings is 1. The van der Waals surface area contributed by atoms with Crippen LogP contribution in [0.15, 0.2) is 35.2 Å². The predicted octanol–water partition coefficient (Wildman–Crippen LogP) is 0.611. The summed E-state index contributed by atoms with van der Waals surface area (Å²) in [5.41, 5.74) is 0.573. The third kappa shape index (κ3) is 2.67. The third-order valence-electron chi connectivity index (χ3n) is 3.54. The molecule has 1 aliphatic heterocycles. The van der Waals surface area contributed by atoms with Crippen molar-refractivity contribution in [2.24, 2.45) is 7.05 Å². The SMILES string of the molecule is Cn1cc(C(=O)N2CCN(C(=O)c3ccco3)CC2)cn1. The zero-order valence-corrected chi connectivity index (χ0v) is 11.7. The van der Waals surface area contributed by atoms with Crippen molar-refractivity contribution in [1.82, 2.24) is 19.6 Å². The minimum Gasteiger partial charge on any atom is -0.459 e. The van der Waals surface area contributed by atoms with E-state index < -0.39 is 0 Å². The van der Waals surface area contributed by atoms with Crippen molar-refractivity contribution in [2.45, 2.75) is 0 Å². The summed E-state index contributed by atoms with van der Waals surface area (Å²) in [5.74, 6) is 0.156. The number of aromatic nitrogens is 2. The van der Waals surface area contributed by atoms with Gasteiger partial charge in [-0.3, -0.25) is 14.3 Å². The minimum absolute atomic E-state index is 0.0480. The van der Waals surface area contributed by atoms with Crippen LogP contribution in [0.5, 0.6) is 0 Å². The first-order valence-electron chi connectivity index (χ1n) is 6.76. The van der Waals surface area contributed by atoms with Gasteiger partial charge in [0.25, 0.3) is 11.8 Å². The summed E-state index contributed by atoms with van der Waals surface area (Å²) in [6, 6.07) is 3.34. The summed E-state index contributed by atoms with van der Waals surface area (Å²) in [4.78, 5) is 27.8. The number of amides is 2. The Morgan fingerprint density at radius 2 is 1.81 bits per heavy atom. The van der Waals surface area contributed by atoms with Crippen molar-refractivity contribution in [3.05, 3.63) is 42.1 Å². The van der Waals surface area contributed by atoms with Crippen LogP contribution in [0.25, 0.3) is 0 Å². The number of piperazine rings is 1. The molecule has 1 fully saturated rings. The summed E-state index contributed by atoms with van der Waals surface area (Å²) in [6.45, 7) is 2.04. The lowest BCUT2D eigenvalue weighted by atomic mass is 10.2. The van der Waals surface area contributed by atoms with Crippen molar-refractivity contribution in [3.63, 3.8) is 0 Å². The molecule has 2 aromatic rings. The van der Waals surface area contributed by atoms with Crippen LogP contribution in [0.1, 0.15) is 20.9 Å². The first kappa shape index (κ1) is 13.4. The van der Waals surface area contributed by atoms with E-state index in [1.807, 2.05) is 0 Å². The lowest BCUT2D eigenvalue weighted by molar-refractivity contribution is 0.0518. The van der Waals surface area contributed by atoms with Gasteiger partial charge < -0.3 is 14.2 Å². The number of carbonyl (C=O) groups excluding carboxylic acids is 2. The lowest BCUT2D eigenvalue weighted by Crippen LogP contribution is -2.50. The van der Waals surface area contributed by atoms with Gasteiger partial charge in [-0.15, -0.1) is 0 Å². The van der Waals surface area contributed by atoms with E-state index in [2.05, 4.69) is 5.10 Å². The summed E-state index contributed by atoms with van der Waals surface area (Å²) >= 11 is 0. The first-order valence-corrected chi connectivity index (χ1v) is 6.76. The summed E-state index contributed by atoms with van der Waals surface area (Å²) < 4.78 is 6.71. The molecule has 3 rings (SSSR count). The topological polar surface area (TPSA) is 71.6 Å². The zero-order valence-electron chi connectivity index (χ0n) is 11.7. The van der Waals surface area contributed by atoms with Gasteiger partial charge in [-0.05, 0) is 12.1 Å². The van der Waals surface area contributed by atoms with Crippen molar-refractivity contribution in [3.8, 4) is 0 Å². The van der Waals surface area contributed by atoms with Gasteiger partial charge in [0, 0.05) is 39.4 Å². The third-order valence-corrected chi connectivity index (χ3v) is 3.54. The average Bonchev–Trinajstić information content (AvgIpc) is 3.17. The first-order chi connectivity index (χ1) is 10.1. The van der Waals surface area contributed by atoms with Crippen LogP contribution < -0.4 is 0 Å². The van der Waals surface area contributed by atoms with Gasteiger partial charge >= 0.3 is 0 Å². The Bertz CT molecular complexity index is 639. The second-order valence-corrected chi connectivity index (χ2v) is 4.96. The van der Waals surface area contributed by atoms with Crippen LogP contribution in [0, 0.1) is 0 Å². The van der Waals surface area contributed by atoms with Gasteiger partial charge in [0.15, 0.2) is 5.76 Å². The van der Waals surface area contributed by atoms with Gasteiger partial charge in [0.05, 0.1) is 18.0 Å². The van der Waals surface area contributed by atoms with Crippen LogP contribution in [0.3, 0.4) is 0 Å². The quantitative estimate of drug-likeness (QED) is 0.812. The van der Waals surface area contributed by atoms with Gasteiger partial charge in [-0.1, -0.05) is 0 Å². The molecule has 110 valence electrons. The Balaban J connectivity index is 1.60. The van der Waals surface area contributed by atoms with Crippen LogP contribution in [0.2, 0.25) is 0 Å². The van der Waals surface area contributed by atoms with E-state index in [-0.39, 0.29) is 11.8 Å². The van der Waals surface area contributed by atoms with E-state index in [9.17, 15) is 9.59 Å². The van der Waals surface area contributed by atoms with Crippen LogP contribution in [-0.4, -0.2) is 57.6 Å². The summed E-state index contributed by atoms with van der Waals surface area (Å²) in [6.07, 6.45) is 4.74. The molecule has 0 aromatic carbocycles. The highest BCUT2D eigenvalue weighted by molar-refractivity contribution is 5.94.